The second kappa shape index (κ2) is 11.0. The van der Waals surface area contributed by atoms with Gasteiger partial charge in [0, 0.05) is 32.9 Å². The van der Waals surface area contributed by atoms with Gasteiger partial charge in [-0.25, -0.2) is 0 Å². The summed E-state index contributed by atoms with van der Waals surface area (Å²) in [6, 6.07) is 16.1. The zero-order chi connectivity index (χ0) is 19.9. The number of ether oxygens (including phenoxy) is 1. The van der Waals surface area contributed by atoms with Crippen molar-refractivity contribution in [1.82, 2.24) is 10.2 Å². The highest BCUT2D eigenvalue weighted by atomic mass is 127. The van der Waals surface area contributed by atoms with Gasteiger partial charge in [-0.05, 0) is 42.7 Å². The van der Waals surface area contributed by atoms with Gasteiger partial charge in [-0.15, -0.1) is 24.0 Å². The maximum atomic E-state index is 12.7. The topological polar surface area (TPSA) is 57.2 Å². The molecule has 0 radical (unpaired) electrons. The van der Waals surface area contributed by atoms with E-state index in [-0.39, 0.29) is 36.4 Å². The molecule has 0 aromatic heterocycles. The van der Waals surface area contributed by atoms with Crippen molar-refractivity contribution in [3.05, 3.63) is 59.7 Å². The molecule has 7 heteroatoms. The van der Waals surface area contributed by atoms with Crippen LogP contribution in [-0.2, 0) is 17.8 Å². The SMILES string of the molecule is CCOc1ccc(CN(C)C(=NC)NCC(=O)N2CCc3ccccc32)cc1.I. The molecule has 6 nitrogen and oxygen atoms in total. The average Bonchev–Trinajstić information content (AvgIpc) is 3.14. The lowest BCUT2D eigenvalue weighted by molar-refractivity contribution is -0.117. The molecule has 1 aliphatic heterocycles. The van der Waals surface area contributed by atoms with Crippen molar-refractivity contribution in [1.29, 1.82) is 0 Å². The number of carbonyl (C=O) groups is 1. The van der Waals surface area contributed by atoms with E-state index in [1.165, 1.54) is 5.56 Å². The summed E-state index contributed by atoms with van der Waals surface area (Å²) < 4.78 is 5.48. The Balaban J connectivity index is 0.00000300. The van der Waals surface area contributed by atoms with Crippen molar-refractivity contribution in [2.45, 2.75) is 19.9 Å². The van der Waals surface area contributed by atoms with Crippen LogP contribution in [0.3, 0.4) is 0 Å². The highest BCUT2D eigenvalue weighted by Gasteiger charge is 2.24. The lowest BCUT2D eigenvalue weighted by Gasteiger charge is -2.24. The lowest BCUT2D eigenvalue weighted by Crippen LogP contribution is -2.44. The fraction of sp³-hybridized carbons (Fsp3) is 0.364. The van der Waals surface area contributed by atoms with Crippen LogP contribution < -0.4 is 15.0 Å². The number of fused-ring (bicyclic) bond motifs is 1. The van der Waals surface area contributed by atoms with Crippen molar-refractivity contribution >= 4 is 41.5 Å². The Morgan fingerprint density at radius 2 is 1.93 bits per heavy atom. The molecule has 0 saturated carbocycles. The van der Waals surface area contributed by atoms with E-state index >= 15 is 0 Å². The van der Waals surface area contributed by atoms with Gasteiger partial charge in [-0.2, -0.15) is 0 Å². The molecule has 3 rings (SSSR count). The minimum Gasteiger partial charge on any atom is -0.494 e. The quantitative estimate of drug-likeness (QED) is 0.370. The monoisotopic (exact) mass is 508 g/mol. The van der Waals surface area contributed by atoms with Crippen LogP contribution in [0.5, 0.6) is 5.75 Å². The maximum Gasteiger partial charge on any atom is 0.246 e. The number of guanidine groups is 1. The molecular formula is C22H29IN4O2. The summed E-state index contributed by atoms with van der Waals surface area (Å²) in [5, 5.41) is 3.19. The van der Waals surface area contributed by atoms with Gasteiger partial charge in [-0.1, -0.05) is 30.3 Å². The minimum atomic E-state index is 0. The first kappa shape index (κ1) is 23.0. The molecular weight excluding hydrogens is 479 g/mol. The van der Waals surface area contributed by atoms with E-state index in [0.717, 1.165) is 30.0 Å². The largest absolute Gasteiger partial charge is 0.494 e. The summed E-state index contributed by atoms with van der Waals surface area (Å²) in [5.74, 6) is 1.61. The van der Waals surface area contributed by atoms with E-state index < -0.39 is 0 Å². The number of aliphatic imine (C=N–C) groups is 1. The molecule has 0 bridgehead atoms. The van der Waals surface area contributed by atoms with Crippen LogP contribution in [0.2, 0.25) is 0 Å². The molecule has 0 atom stereocenters. The van der Waals surface area contributed by atoms with E-state index in [4.69, 9.17) is 4.74 Å². The second-order valence-electron chi connectivity index (χ2n) is 6.76. The number of rotatable bonds is 6. The number of amides is 1. The summed E-state index contributed by atoms with van der Waals surface area (Å²) in [6.07, 6.45) is 0.911. The Hall–Kier alpha value is -2.29. The zero-order valence-corrected chi connectivity index (χ0v) is 19.6. The molecule has 1 aliphatic rings. The molecule has 0 aliphatic carbocycles. The van der Waals surface area contributed by atoms with E-state index in [1.807, 2.05) is 66.2 Å². The normalized spacial score (nSPS) is 12.8. The highest BCUT2D eigenvalue weighted by Crippen LogP contribution is 2.27. The molecule has 1 amide bonds. The third kappa shape index (κ3) is 5.85. The molecule has 0 fully saturated rings. The summed E-state index contributed by atoms with van der Waals surface area (Å²) in [4.78, 5) is 20.8. The number of benzene rings is 2. The molecule has 29 heavy (non-hydrogen) atoms. The van der Waals surface area contributed by atoms with Crippen molar-refractivity contribution in [3.63, 3.8) is 0 Å². The Labute approximate surface area is 190 Å². The van der Waals surface area contributed by atoms with Gasteiger partial charge in [0.05, 0.1) is 13.2 Å². The van der Waals surface area contributed by atoms with E-state index in [0.29, 0.717) is 19.1 Å². The van der Waals surface area contributed by atoms with Crippen LogP contribution in [-0.4, -0.2) is 50.6 Å². The van der Waals surface area contributed by atoms with Gasteiger partial charge in [0.25, 0.3) is 0 Å². The number of para-hydroxylation sites is 1. The van der Waals surface area contributed by atoms with E-state index in [9.17, 15) is 4.79 Å². The van der Waals surface area contributed by atoms with Crippen LogP contribution in [0.1, 0.15) is 18.1 Å². The Morgan fingerprint density at radius 1 is 1.21 bits per heavy atom. The van der Waals surface area contributed by atoms with Crippen LogP contribution in [0.15, 0.2) is 53.5 Å². The average molecular weight is 508 g/mol. The Bertz CT molecular complexity index is 839. The van der Waals surface area contributed by atoms with Gasteiger partial charge in [0.15, 0.2) is 5.96 Å². The van der Waals surface area contributed by atoms with E-state index in [2.05, 4.69) is 16.4 Å². The fourth-order valence-corrected chi connectivity index (χ4v) is 3.44. The fourth-order valence-electron chi connectivity index (χ4n) is 3.44. The first-order valence-corrected chi connectivity index (χ1v) is 9.64. The maximum absolute atomic E-state index is 12.7. The smallest absolute Gasteiger partial charge is 0.246 e. The number of hydrogen-bond donors (Lipinski definition) is 1. The molecule has 0 spiro atoms. The number of nitrogens with one attached hydrogen (secondary N) is 1. The molecule has 1 N–H and O–H groups in total. The summed E-state index contributed by atoms with van der Waals surface area (Å²) in [7, 11) is 3.69. The first-order chi connectivity index (χ1) is 13.6. The van der Waals surface area contributed by atoms with Crippen molar-refractivity contribution in [2.24, 2.45) is 4.99 Å². The van der Waals surface area contributed by atoms with Crippen molar-refractivity contribution < 1.29 is 9.53 Å². The van der Waals surface area contributed by atoms with Gasteiger partial charge >= 0.3 is 0 Å². The summed E-state index contributed by atoms with van der Waals surface area (Å²) >= 11 is 0. The first-order valence-electron chi connectivity index (χ1n) is 9.64. The standard InChI is InChI=1S/C22H28N4O2.HI/c1-4-28-19-11-9-17(10-12-19)16-25(3)22(23-2)24-15-21(27)26-14-13-18-7-5-6-8-20(18)26;/h5-12H,4,13-16H2,1-3H3,(H,23,24);1H. The molecule has 156 valence electrons. The molecule has 0 unspecified atom stereocenters. The Morgan fingerprint density at radius 3 is 2.62 bits per heavy atom. The van der Waals surface area contributed by atoms with Crippen molar-refractivity contribution in [3.8, 4) is 5.75 Å². The van der Waals surface area contributed by atoms with Crippen LogP contribution in [0.25, 0.3) is 0 Å². The molecule has 2 aromatic rings. The van der Waals surface area contributed by atoms with Crippen LogP contribution in [0, 0.1) is 0 Å². The van der Waals surface area contributed by atoms with Gasteiger partial charge < -0.3 is 19.9 Å². The Kier molecular flexibility index (Phi) is 8.75. The van der Waals surface area contributed by atoms with Crippen molar-refractivity contribution in [2.75, 3.05) is 38.7 Å². The second-order valence-corrected chi connectivity index (χ2v) is 6.76. The van der Waals surface area contributed by atoms with Gasteiger partial charge in [0.2, 0.25) is 5.91 Å². The summed E-state index contributed by atoms with van der Waals surface area (Å²) in [5.41, 5.74) is 3.40. The number of anilines is 1. The van der Waals surface area contributed by atoms with Gasteiger partial charge in [0.1, 0.15) is 5.75 Å². The highest BCUT2D eigenvalue weighted by molar-refractivity contribution is 14.0. The minimum absolute atomic E-state index is 0. The number of nitrogens with zero attached hydrogens (tertiary/aromatic N) is 3. The van der Waals surface area contributed by atoms with E-state index in [1.54, 1.807) is 7.05 Å². The molecule has 1 heterocycles. The van der Waals surface area contributed by atoms with Crippen LogP contribution in [0.4, 0.5) is 5.69 Å². The zero-order valence-electron chi connectivity index (χ0n) is 17.2. The third-order valence-electron chi connectivity index (χ3n) is 4.81. The number of hydrogen-bond acceptors (Lipinski definition) is 3. The third-order valence-corrected chi connectivity index (χ3v) is 4.81. The lowest BCUT2D eigenvalue weighted by atomic mass is 10.2. The van der Waals surface area contributed by atoms with Gasteiger partial charge in [-0.3, -0.25) is 9.79 Å². The number of halogens is 1. The summed E-state index contributed by atoms with van der Waals surface area (Å²) in [6.45, 7) is 4.27. The molecule has 0 saturated heterocycles. The predicted molar refractivity (Wildman–Crippen MR) is 128 cm³/mol. The number of carbonyl (C=O) groups excluding carboxylic acids is 1. The van der Waals surface area contributed by atoms with Crippen LogP contribution >= 0.6 is 24.0 Å². The molecule has 2 aromatic carbocycles. The predicted octanol–water partition coefficient (Wildman–Crippen LogP) is 3.30.